The Morgan fingerprint density at radius 2 is 1.88 bits per heavy atom. The molecule has 134 valence electrons. The van der Waals surface area contributed by atoms with Crippen molar-refractivity contribution in [3.05, 3.63) is 44.8 Å². The first-order chi connectivity index (χ1) is 12.1. The number of likely N-dealkylation sites (tertiary alicyclic amines) is 1. The van der Waals surface area contributed by atoms with Crippen LogP contribution in [0.2, 0.25) is 5.02 Å². The van der Waals surface area contributed by atoms with Crippen LogP contribution < -0.4 is 5.63 Å². The lowest BCUT2D eigenvalue weighted by Crippen LogP contribution is -2.37. The maximum atomic E-state index is 11.9. The second-order valence-electron chi connectivity index (χ2n) is 6.91. The van der Waals surface area contributed by atoms with Gasteiger partial charge in [-0.05, 0) is 56.1 Å². The van der Waals surface area contributed by atoms with Gasteiger partial charge in [-0.3, -0.25) is 4.90 Å². The second kappa shape index (κ2) is 7.08. The van der Waals surface area contributed by atoms with Crippen LogP contribution in [0.15, 0.2) is 27.4 Å². The Morgan fingerprint density at radius 3 is 2.60 bits per heavy atom. The van der Waals surface area contributed by atoms with Gasteiger partial charge in [0.1, 0.15) is 5.58 Å². The highest BCUT2D eigenvalue weighted by molar-refractivity contribution is 6.32. The molecule has 25 heavy (non-hydrogen) atoms. The summed E-state index contributed by atoms with van der Waals surface area (Å²) in [5.74, 6) is 0.466. The van der Waals surface area contributed by atoms with Gasteiger partial charge in [0.05, 0.1) is 13.2 Å². The Kier molecular flexibility index (Phi) is 4.82. The van der Waals surface area contributed by atoms with Crippen molar-refractivity contribution in [1.29, 1.82) is 0 Å². The molecule has 2 fully saturated rings. The lowest BCUT2D eigenvalue weighted by Gasteiger charge is -2.33. The van der Waals surface area contributed by atoms with E-state index in [1.165, 1.54) is 0 Å². The van der Waals surface area contributed by atoms with Crippen LogP contribution in [0.4, 0.5) is 0 Å². The Hall–Kier alpha value is -1.40. The molecule has 2 saturated heterocycles. The van der Waals surface area contributed by atoms with Crippen molar-refractivity contribution >= 4 is 22.6 Å². The minimum Gasteiger partial charge on any atom is -0.423 e. The number of ether oxygens (including phenoxy) is 2. The fourth-order valence-electron chi connectivity index (χ4n) is 3.75. The molecule has 0 saturated carbocycles. The fraction of sp³-hybridized carbons (Fsp3) is 0.526. The largest absolute Gasteiger partial charge is 0.423 e. The average molecular weight is 364 g/mol. The number of hydrogen-bond donors (Lipinski definition) is 0. The third-order valence-electron chi connectivity index (χ3n) is 5.17. The third kappa shape index (κ3) is 3.60. The van der Waals surface area contributed by atoms with Gasteiger partial charge in [-0.25, -0.2) is 4.79 Å². The topological polar surface area (TPSA) is 51.9 Å². The van der Waals surface area contributed by atoms with Gasteiger partial charge >= 0.3 is 5.63 Å². The van der Waals surface area contributed by atoms with E-state index in [4.69, 9.17) is 25.5 Å². The molecule has 0 bridgehead atoms. The van der Waals surface area contributed by atoms with Crippen LogP contribution in [-0.4, -0.2) is 37.5 Å². The number of rotatable bonds is 3. The van der Waals surface area contributed by atoms with Gasteiger partial charge in [-0.1, -0.05) is 11.6 Å². The van der Waals surface area contributed by atoms with E-state index in [1.807, 2.05) is 19.1 Å². The number of fused-ring (bicyclic) bond motifs is 1. The number of piperidine rings is 1. The molecule has 2 aliphatic rings. The summed E-state index contributed by atoms with van der Waals surface area (Å²) in [6.45, 7) is 5.98. The predicted molar refractivity (Wildman–Crippen MR) is 95.9 cm³/mol. The Balaban J connectivity index is 1.51. The molecule has 1 aromatic heterocycles. The molecular formula is C19H22ClNO4. The van der Waals surface area contributed by atoms with Crippen molar-refractivity contribution < 1.29 is 13.9 Å². The van der Waals surface area contributed by atoms with E-state index < -0.39 is 0 Å². The third-order valence-corrected chi connectivity index (χ3v) is 5.58. The summed E-state index contributed by atoms with van der Waals surface area (Å²) in [4.78, 5) is 14.3. The van der Waals surface area contributed by atoms with E-state index in [0.717, 1.165) is 49.0 Å². The summed E-state index contributed by atoms with van der Waals surface area (Å²) >= 11 is 6.27. The van der Waals surface area contributed by atoms with Crippen molar-refractivity contribution in [2.24, 2.45) is 5.92 Å². The van der Waals surface area contributed by atoms with Crippen LogP contribution in [0.5, 0.6) is 0 Å². The van der Waals surface area contributed by atoms with Crippen LogP contribution in [0, 0.1) is 12.8 Å². The standard InChI is InChI=1S/C19H22ClNO4/c1-12-8-17-15(10-16(12)20)14(9-18(22)25-17)11-21-4-2-13(3-5-21)19-23-6-7-24-19/h8-10,13,19H,2-7,11H2,1H3. The van der Waals surface area contributed by atoms with Crippen molar-refractivity contribution in [3.63, 3.8) is 0 Å². The van der Waals surface area contributed by atoms with E-state index in [9.17, 15) is 4.79 Å². The van der Waals surface area contributed by atoms with E-state index >= 15 is 0 Å². The summed E-state index contributed by atoms with van der Waals surface area (Å²) in [7, 11) is 0. The van der Waals surface area contributed by atoms with Crippen molar-refractivity contribution in [2.45, 2.75) is 32.6 Å². The van der Waals surface area contributed by atoms with Gasteiger partial charge in [-0.15, -0.1) is 0 Å². The molecule has 0 aliphatic carbocycles. The monoisotopic (exact) mass is 363 g/mol. The number of hydrogen-bond acceptors (Lipinski definition) is 5. The molecule has 4 rings (SSSR count). The Bertz CT molecular complexity index is 820. The molecule has 0 radical (unpaired) electrons. The second-order valence-corrected chi connectivity index (χ2v) is 7.32. The van der Waals surface area contributed by atoms with E-state index in [1.54, 1.807) is 6.07 Å². The number of nitrogens with zero attached hydrogens (tertiary/aromatic N) is 1. The van der Waals surface area contributed by atoms with Crippen LogP contribution in [-0.2, 0) is 16.0 Å². The van der Waals surface area contributed by atoms with Gasteiger partial charge in [-0.2, -0.15) is 0 Å². The molecule has 6 heteroatoms. The number of benzene rings is 1. The van der Waals surface area contributed by atoms with Crippen LogP contribution >= 0.6 is 11.6 Å². The first-order valence-corrected chi connectivity index (χ1v) is 9.16. The molecule has 5 nitrogen and oxygen atoms in total. The summed E-state index contributed by atoms with van der Waals surface area (Å²) < 4.78 is 16.6. The Morgan fingerprint density at radius 1 is 1.16 bits per heavy atom. The van der Waals surface area contributed by atoms with Crippen molar-refractivity contribution in [1.82, 2.24) is 4.90 Å². The van der Waals surface area contributed by atoms with Gasteiger partial charge < -0.3 is 13.9 Å². The molecule has 0 spiro atoms. The summed E-state index contributed by atoms with van der Waals surface area (Å²) in [5, 5.41) is 1.61. The van der Waals surface area contributed by atoms with Gasteiger partial charge in [0.25, 0.3) is 0 Å². The van der Waals surface area contributed by atoms with Crippen LogP contribution in [0.25, 0.3) is 11.0 Å². The quantitative estimate of drug-likeness (QED) is 0.783. The molecule has 0 N–H and O–H groups in total. The number of halogens is 1. The molecule has 0 amide bonds. The van der Waals surface area contributed by atoms with Gasteiger partial charge in [0.15, 0.2) is 6.29 Å². The first-order valence-electron chi connectivity index (χ1n) is 8.78. The summed E-state index contributed by atoms with van der Waals surface area (Å²) in [6.07, 6.45) is 2.06. The normalized spacial score (nSPS) is 20.6. The minimum absolute atomic E-state index is 0.0338. The molecule has 0 unspecified atom stereocenters. The highest BCUT2D eigenvalue weighted by Gasteiger charge is 2.30. The summed E-state index contributed by atoms with van der Waals surface area (Å²) in [6, 6.07) is 5.32. The average Bonchev–Trinajstić information content (AvgIpc) is 3.12. The van der Waals surface area contributed by atoms with E-state index in [0.29, 0.717) is 29.7 Å². The molecule has 0 atom stereocenters. The van der Waals surface area contributed by atoms with Crippen LogP contribution in [0.3, 0.4) is 0 Å². The molecule has 2 aromatic rings. The lowest BCUT2D eigenvalue weighted by atomic mass is 9.95. The highest BCUT2D eigenvalue weighted by atomic mass is 35.5. The first kappa shape index (κ1) is 17.0. The molecule has 2 aliphatic heterocycles. The van der Waals surface area contributed by atoms with E-state index in [2.05, 4.69) is 4.90 Å². The van der Waals surface area contributed by atoms with Crippen LogP contribution in [0.1, 0.15) is 24.0 Å². The van der Waals surface area contributed by atoms with E-state index in [-0.39, 0.29) is 11.9 Å². The molecular weight excluding hydrogens is 342 g/mol. The van der Waals surface area contributed by atoms with Gasteiger partial charge in [0, 0.05) is 28.9 Å². The lowest BCUT2D eigenvalue weighted by molar-refractivity contribution is -0.0977. The van der Waals surface area contributed by atoms with Gasteiger partial charge in [0.2, 0.25) is 0 Å². The maximum absolute atomic E-state index is 11.9. The Labute approximate surface area is 151 Å². The smallest absolute Gasteiger partial charge is 0.336 e. The van der Waals surface area contributed by atoms with Crippen molar-refractivity contribution in [3.8, 4) is 0 Å². The molecule has 1 aromatic carbocycles. The SMILES string of the molecule is Cc1cc2oc(=O)cc(CN3CCC(C4OCCO4)CC3)c2cc1Cl. The minimum atomic E-state index is -0.313. The molecule has 3 heterocycles. The fourth-order valence-corrected chi connectivity index (χ4v) is 3.92. The predicted octanol–water partition coefficient (Wildman–Crippen LogP) is 3.34. The highest BCUT2D eigenvalue weighted by Crippen LogP contribution is 2.29. The summed E-state index contributed by atoms with van der Waals surface area (Å²) in [5.41, 5.74) is 2.17. The maximum Gasteiger partial charge on any atom is 0.336 e. The zero-order chi connectivity index (χ0) is 17.4. The number of aryl methyl sites for hydroxylation is 1. The van der Waals surface area contributed by atoms with Crippen molar-refractivity contribution in [2.75, 3.05) is 26.3 Å². The zero-order valence-corrected chi connectivity index (χ0v) is 15.1. The zero-order valence-electron chi connectivity index (χ0n) is 14.3.